The average Bonchev–Trinajstić information content (AvgIpc) is 2.37. The Morgan fingerprint density at radius 3 is 2.67 bits per heavy atom. The molecule has 1 aliphatic carbocycles. The lowest BCUT2D eigenvalue weighted by atomic mass is 9.82. The maximum Gasteiger partial charge on any atom is 0.272 e. The van der Waals surface area contributed by atoms with Crippen LogP contribution in [0.3, 0.4) is 0 Å². The van der Waals surface area contributed by atoms with E-state index in [1.165, 1.54) is 12.8 Å². The van der Waals surface area contributed by atoms with E-state index in [4.69, 9.17) is 0 Å². The van der Waals surface area contributed by atoms with Crippen LogP contribution in [-0.2, 0) is 0 Å². The van der Waals surface area contributed by atoms with E-state index in [0.29, 0.717) is 17.4 Å². The lowest BCUT2D eigenvalue weighted by Gasteiger charge is -2.23. The molecule has 2 rings (SSSR count). The van der Waals surface area contributed by atoms with Crippen molar-refractivity contribution in [2.45, 2.75) is 32.6 Å². The summed E-state index contributed by atoms with van der Waals surface area (Å²) in [5.74, 6) is 1.04. The first-order valence-electron chi connectivity index (χ1n) is 6.58. The van der Waals surface area contributed by atoms with Gasteiger partial charge in [-0.15, -0.1) is 0 Å². The Kier molecular flexibility index (Phi) is 4.13. The topological polar surface area (TPSA) is 43.1 Å². The lowest BCUT2D eigenvalue weighted by molar-refractivity contribution is -0.375. The summed E-state index contributed by atoms with van der Waals surface area (Å²) in [7, 11) is 0. The van der Waals surface area contributed by atoms with Crippen LogP contribution in [0.4, 0.5) is 0 Å². The predicted octanol–water partition coefficient (Wildman–Crippen LogP) is 4.13. The summed E-state index contributed by atoms with van der Waals surface area (Å²) in [5.41, 5.74) is 0.968. The second kappa shape index (κ2) is 5.80. The van der Waals surface area contributed by atoms with E-state index >= 15 is 0 Å². The Labute approximate surface area is 108 Å². The predicted molar refractivity (Wildman–Crippen MR) is 72.5 cm³/mol. The molecule has 2 atom stereocenters. The molecule has 2 unspecified atom stereocenters. The summed E-state index contributed by atoms with van der Waals surface area (Å²) in [5, 5.41) is 11.2. The molecule has 3 heteroatoms. The summed E-state index contributed by atoms with van der Waals surface area (Å²) in [4.78, 5) is 10.9. The van der Waals surface area contributed by atoms with Crippen LogP contribution in [0.25, 0.3) is 5.70 Å². The van der Waals surface area contributed by atoms with E-state index in [9.17, 15) is 10.1 Å². The summed E-state index contributed by atoms with van der Waals surface area (Å²) < 4.78 is 0. The molecule has 0 N–H and O–H groups in total. The third kappa shape index (κ3) is 3.19. The van der Waals surface area contributed by atoms with Crippen LogP contribution >= 0.6 is 0 Å². The molecular weight excluding hydrogens is 226 g/mol. The van der Waals surface area contributed by atoms with Gasteiger partial charge >= 0.3 is 0 Å². The van der Waals surface area contributed by atoms with Gasteiger partial charge in [-0.05, 0) is 42.9 Å². The average molecular weight is 245 g/mol. The zero-order valence-electron chi connectivity index (χ0n) is 10.7. The Morgan fingerprint density at radius 1 is 1.33 bits per heavy atom. The minimum Gasteiger partial charge on any atom is -0.258 e. The molecule has 0 heterocycles. The summed E-state index contributed by atoms with van der Waals surface area (Å²) in [6.07, 6.45) is 6.45. The van der Waals surface area contributed by atoms with Gasteiger partial charge in [-0.1, -0.05) is 38.0 Å². The minimum atomic E-state index is -0.255. The molecule has 1 aromatic rings. The number of hydrogen-bond acceptors (Lipinski definition) is 2. The Bertz CT molecular complexity index is 439. The molecule has 0 aromatic heterocycles. The van der Waals surface area contributed by atoms with Crippen LogP contribution in [0.15, 0.2) is 36.4 Å². The second-order valence-corrected chi connectivity index (χ2v) is 5.21. The highest BCUT2D eigenvalue weighted by atomic mass is 16.6. The fourth-order valence-electron chi connectivity index (χ4n) is 2.73. The van der Waals surface area contributed by atoms with Crippen molar-refractivity contribution in [2.24, 2.45) is 11.8 Å². The van der Waals surface area contributed by atoms with E-state index in [0.717, 1.165) is 12.8 Å². The van der Waals surface area contributed by atoms with Crippen LogP contribution < -0.4 is 0 Å². The third-order valence-corrected chi connectivity index (χ3v) is 3.64. The fraction of sp³-hybridized carbons (Fsp3) is 0.467. The quantitative estimate of drug-likeness (QED) is 0.593. The maximum atomic E-state index is 11.2. The molecule has 1 aromatic carbocycles. The van der Waals surface area contributed by atoms with E-state index < -0.39 is 0 Å². The molecule has 1 aliphatic rings. The van der Waals surface area contributed by atoms with Crippen molar-refractivity contribution >= 4 is 5.70 Å². The number of benzene rings is 1. The number of rotatable bonds is 3. The van der Waals surface area contributed by atoms with E-state index in [2.05, 4.69) is 6.92 Å². The zero-order chi connectivity index (χ0) is 13.0. The van der Waals surface area contributed by atoms with Crippen molar-refractivity contribution in [2.75, 3.05) is 0 Å². The Morgan fingerprint density at radius 2 is 2.06 bits per heavy atom. The highest BCUT2D eigenvalue weighted by Crippen LogP contribution is 2.31. The van der Waals surface area contributed by atoms with E-state index in [-0.39, 0.29) is 10.6 Å². The van der Waals surface area contributed by atoms with Gasteiger partial charge in [-0.2, -0.15) is 0 Å². The SMILES string of the molecule is CC1CCCC(/C=C(\c2ccccc2)[N+](=O)[O-])C1. The molecule has 0 aliphatic heterocycles. The highest BCUT2D eigenvalue weighted by molar-refractivity contribution is 5.58. The largest absolute Gasteiger partial charge is 0.272 e. The second-order valence-electron chi connectivity index (χ2n) is 5.21. The summed E-state index contributed by atoms with van der Waals surface area (Å²) in [6.45, 7) is 2.23. The van der Waals surface area contributed by atoms with Gasteiger partial charge in [0.2, 0.25) is 0 Å². The molecule has 0 amide bonds. The first-order chi connectivity index (χ1) is 8.66. The molecule has 1 fully saturated rings. The summed E-state index contributed by atoms with van der Waals surface area (Å²) in [6, 6.07) is 9.18. The number of hydrogen-bond donors (Lipinski definition) is 0. The van der Waals surface area contributed by atoms with Crippen LogP contribution in [0.1, 0.15) is 38.2 Å². The van der Waals surface area contributed by atoms with E-state index in [1.54, 1.807) is 12.1 Å². The summed E-state index contributed by atoms with van der Waals surface area (Å²) >= 11 is 0. The maximum absolute atomic E-state index is 11.2. The molecule has 0 spiro atoms. The lowest BCUT2D eigenvalue weighted by Crippen LogP contribution is -2.12. The monoisotopic (exact) mass is 245 g/mol. The van der Waals surface area contributed by atoms with Crippen molar-refractivity contribution in [1.29, 1.82) is 0 Å². The van der Waals surface area contributed by atoms with Crippen LogP contribution in [-0.4, -0.2) is 4.92 Å². The van der Waals surface area contributed by atoms with Gasteiger partial charge in [0.25, 0.3) is 5.70 Å². The van der Waals surface area contributed by atoms with Crippen molar-refractivity contribution in [3.63, 3.8) is 0 Å². The number of nitro groups is 1. The van der Waals surface area contributed by atoms with Crippen LogP contribution in [0, 0.1) is 22.0 Å². The van der Waals surface area contributed by atoms with Gasteiger partial charge in [0.1, 0.15) is 0 Å². The van der Waals surface area contributed by atoms with Gasteiger partial charge < -0.3 is 0 Å². The molecule has 3 nitrogen and oxygen atoms in total. The standard InChI is InChI=1S/C15H19NO2/c1-12-6-5-7-13(10-12)11-15(16(17)18)14-8-3-2-4-9-14/h2-4,8-9,11-13H,5-7,10H2,1H3/b15-11+. The normalized spacial score (nSPS) is 24.8. The third-order valence-electron chi connectivity index (χ3n) is 3.64. The van der Waals surface area contributed by atoms with Gasteiger partial charge in [0.05, 0.1) is 10.5 Å². The van der Waals surface area contributed by atoms with E-state index in [1.807, 2.05) is 24.3 Å². The fourth-order valence-corrected chi connectivity index (χ4v) is 2.73. The molecule has 1 saturated carbocycles. The smallest absolute Gasteiger partial charge is 0.258 e. The number of allylic oxidation sites excluding steroid dienone is 1. The van der Waals surface area contributed by atoms with Crippen molar-refractivity contribution < 1.29 is 4.92 Å². The van der Waals surface area contributed by atoms with Crippen molar-refractivity contribution in [1.82, 2.24) is 0 Å². The molecule has 0 radical (unpaired) electrons. The minimum absolute atomic E-state index is 0.255. The Hall–Kier alpha value is -1.64. The van der Waals surface area contributed by atoms with Crippen molar-refractivity contribution in [3.05, 3.63) is 52.1 Å². The van der Waals surface area contributed by atoms with Gasteiger partial charge in [-0.3, -0.25) is 10.1 Å². The molecule has 0 saturated heterocycles. The van der Waals surface area contributed by atoms with Gasteiger partial charge in [0.15, 0.2) is 0 Å². The number of nitrogens with zero attached hydrogens (tertiary/aromatic N) is 1. The van der Waals surface area contributed by atoms with Crippen LogP contribution in [0.2, 0.25) is 0 Å². The molecule has 18 heavy (non-hydrogen) atoms. The molecule has 96 valence electrons. The highest BCUT2D eigenvalue weighted by Gasteiger charge is 2.22. The van der Waals surface area contributed by atoms with Gasteiger partial charge in [0, 0.05) is 0 Å². The first-order valence-corrected chi connectivity index (χ1v) is 6.58. The van der Waals surface area contributed by atoms with Gasteiger partial charge in [-0.25, -0.2) is 0 Å². The zero-order valence-corrected chi connectivity index (χ0v) is 10.7. The first kappa shape index (κ1) is 12.8. The molecular formula is C15H19NO2. The Balaban J connectivity index is 2.22. The van der Waals surface area contributed by atoms with Crippen molar-refractivity contribution in [3.8, 4) is 0 Å². The van der Waals surface area contributed by atoms with Crippen LogP contribution in [0.5, 0.6) is 0 Å². The molecule has 0 bridgehead atoms.